The van der Waals surface area contributed by atoms with E-state index in [4.69, 9.17) is 0 Å². The van der Waals surface area contributed by atoms with E-state index < -0.39 is 0 Å². The summed E-state index contributed by atoms with van der Waals surface area (Å²) in [6.07, 6.45) is 5.97. The Bertz CT molecular complexity index is 421. The molecule has 2 aromatic rings. The minimum atomic E-state index is -0.201. The monoisotopic (exact) mass is 190 g/mol. The Labute approximate surface area is 82.0 Å². The van der Waals surface area contributed by atoms with Crippen LogP contribution in [0.3, 0.4) is 0 Å². The zero-order chi connectivity index (χ0) is 9.97. The molecule has 0 N–H and O–H groups in total. The highest BCUT2D eigenvalue weighted by molar-refractivity contribution is 5.36. The molecule has 1 aromatic carbocycles. The topological polar surface area (TPSA) is 17.8 Å². The molecule has 0 saturated heterocycles. The molecule has 1 aromatic heterocycles. The average Bonchev–Trinajstić information content (AvgIpc) is 2.69. The van der Waals surface area contributed by atoms with Gasteiger partial charge in [-0.25, -0.2) is 9.37 Å². The minimum absolute atomic E-state index is 0.201. The van der Waals surface area contributed by atoms with Gasteiger partial charge < -0.3 is 4.57 Å². The highest BCUT2D eigenvalue weighted by Gasteiger charge is 2.00. The summed E-state index contributed by atoms with van der Waals surface area (Å²) in [5.41, 5.74) is 1.81. The van der Waals surface area contributed by atoms with E-state index in [9.17, 15) is 4.39 Å². The molecule has 3 heteroatoms. The van der Waals surface area contributed by atoms with Crippen molar-refractivity contribution in [2.75, 3.05) is 0 Å². The zero-order valence-electron chi connectivity index (χ0n) is 7.94. The van der Waals surface area contributed by atoms with E-state index in [0.717, 1.165) is 17.7 Å². The van der Waals surface area contributed by atoms with Crippen molar-refractivity contribution < 1.29 is 4.39 Å². The molecule has 0 aliphatic heterocycles. The van der Waals surface area contributed by atoms with Crippen LogP contribution in [0, 0.1) is 5.82 Å². The molecule has 0 aliphatic carbocycles. The highest BCUT2D eigenvalue weighted by Crippen LogP contribution is 2.13. The molecule has 0 unspecified atom stereocenters. The van der Waals surface area contributed by atoms with Gasteiger partial charge in [0.15, 0.2) is 0 Å². The van der Waals surface area contributed by atoms with E-state index in [0.29, 0.717) is 0 Å². The number of halogens is 1. The maximum Gasteiger partial charge on any atom is 0.125 e. The zero-order valence-corrected chi connectivity index (χ0v) is 7.94. The van der Waals surface area contributed by atoms with Gasteiger partial charge in [0.1, 0.15) is 5.82 Å². The second kappa shape index (κ2) is 3.62. The first-order valence-electron chi connectivity index (χ1n) is 4.57. The molecule has 14 heavy (non-hydrogen) atoms. The molecule has 0 saturated carbocycles. The van der Waals surface area contributed by atoms with Crippen molar-refractivity contribution in [3.05, 3.63) is 48.3 Å². The molecule has 2 nitrogen and oxygen atoms in total. The van der Waals surface area contributed by atoms with E-state index in [2.05, 4.69) is 4.98 Å². The molecular formula is C11H11FN2. The first kappa shape index (κ1) is 8.94. The van der Waals surface area contributed by atoms with Crippen molar-refractivity contribution in [2.24, 2.45) is 0 Å². The van der Waals surface area contributed by atoms with Crippen molar-refractivity contribution in [3.8, 4) is 5.69 Å². The van der Waals surface area contributed by atoms with Crippen LogP contribution >= 0.6 is 0 Å². The molecule has 1 heterocycles. The lowest BCUT2D eigenvalue weighted by atomic mass is 10.1. The van der Waals surface area contributed by atoms with Gasteiger partial charge >= 0.3 is 0 Å². The van der Waals surface area contributed by atoms with Gasteiger partial charge in [0, 0.05) is 18.1 Å². The fourth-order valence-electron chi connectivity index (χ4n) is 1.40. The Morgan fingerprint density at radius 2 is 2.21 bits per heavy atom. The van der Waals surface area contributed by atoms with Gasteiger partial charge in [0.2, 0.25) is 0 Å². The molecule has 0 amide bonds. The molecule has 0 fully saturated rings. The van der Waals surface area contributed by atoms with Crippen LogP contribution < -0.4 is 0 Å². The van der Waals surface area contributed by atoms with E-state index in [1.807, 2.05) is 13.0 Å². The first-order valence-corrected chi connectivity index (χ1v) is 4.57. The summed E-state index contributed by atoms with van der Waals surface area (Å²) >= 11 is 0. The van der Waals surface area contributed by atoms with Crippen molar-refractivity contribution in [2.45, 2.75) is 13.3 Å². The van der Waals surface area contributed by atoms with Crippen molar-refractivity contribution in [1.29, 1.82) is 0 Å². The summed E-state index contributed by atoms with van der Waals surface area (Å²) in [5, 5.41) is 0. The Hall–Kier alpha value is -1.64. The third-order valence-electron chi connectivity index (χ3n) is 2.15. The second-order valence-electron chi connectivity index (χ2n) is 3.14. The Balaban J connectivity index is 2.48. The average molecular weight is 190 g/mol. The van der Waals surface area contributed by atoms with Gasteiger partial charge in [-0.15, -0.1) is 0 Å². The number of hydrogen-bond donors (Lipinski definition) is 0. The van der Waals surface area contributed by atoms with E-state index in [1.54, 1.807) is 29.4 Å². The maximum atomic E-state index is 13.2. The van der Waals surface area contributed by atoms with Crippen molar-refractivity contribution >= 4 is 0 Å². The van der Waals surface area contributed by atoms with Gasteiger partial charge in [-0.05, 0) is 30.2 Å². The van der Waals surface area contributed by atoms with Crippen LogP contribution in [0.1, 0.15) is 12.5 Å². The molecule has 0 bridgehead atoms. The SMILES string of the molecule is CCc1cc(F)cc(-n2ccnc2)c1. The number of imidazole rings is 1. The molecule has 0 aliphatic rings. The van der Waals surface area contributed by atoms with Crippen LogP contribution in [0.25, 0.3) is 5.69 Å². The van der Waals surface area contributed by atoms with Crippen LogP contribution in [0.4, 0.5) is 4.39 Å². The number of nitrogens with zero attached hydrogens (tertiary/aromatic N) is 2. The quantitative estimate of drug-likeness (QED) is 0.711. The maximum absolute atomic E-state index is 13.2. The van der Waals surface area contributed by atoms with E-state index >= 15 is 0 Å². The Kier molecular flexibility index (Phi) is 2.31. The van der Waals surface area contributed by atoms with Gasteiger partial charge in [0.25, 0.3) is 0 Å². The summed E-state index contributed by atoms with van der Waals surface area (Å²) in [6.45, 7) is 2.01. The summed E-state index contributed by atoms with van der Waals surface area (Å²) in [6, 6.07) is 5.02. The molecule has 72 valence electrons. The molecule has 2 rings (SSSR count). The Morgan fingerprint density at radius 1 is 1.36 bits per heavy atom. The van der Waals surface area contributed by atoms with Crippen LogP contribution in [-0.2, 0) is 6.42 Å². The number of rotatable bonds is 2. The van der Waals surface area contributed by atoms with Gasteiger partial charge in [-0.1, -0.05) is 6.92 Å². The van der Waals surface area contributed by atoms with Crippen LogP contribution in [-0.4, -0.2) is 9.55 Å². The fourth-order valence-corrected chi connectivity index (χ4v) is 1.40. The van der Waals surface area contributed by atoms with Gasteiger partial charge in [-0.3, -0.25) is 0 Å². The Morgan fingerprint density at radius 3 is 2.86 bits per heavy atom. The molecule has 0 atom stereocenters. The number of aryl methyl sites for hydroxylation is 1. The van der Waals surface area contributed by atoms with Crippen LogP contribution in [0.2, 0.25) is 0 Å². The lowest BCUT2D eigenvalue weighted by Crippen LogP contribution is -1.93. The molecule has 0 radical (unpaired) electrons. The fraction of sp³-hybridized carbons (Fsp3) is 0.182. The number of hydrogen-bond acceptors (Lipinski definition) is 1. The van der Waals surface area contributed by atoms with Crippen molar-refractivity contribution in [3.63, 3.8) is 0 Å². The van der Waals surface area contributed by atoms with Crippen LogP contribution in [0.15, 0.2) is 36.9 Å². The van der Waals surface area contributed by atoms with Gasteiger partial charge in [-0.2, -0.15) is 0 Å². The first-order chi connectivity index (χ1) is 6.79. The molecular weight excluding hydrogens is 179 g/mol. The number of benzene rings is 1. The number of aromatic nitrogens is 2. The second-order valence-corrected chi connectivity index (χ2v) is 3.14. The summed E-state index contributed by atoms with van der Waals surface area (Å²) in [4.78, 5) is 3.92. The summed E-state index contributed by atoms with van der Waals surface area (Å²) < 4.78 is 15.0. The lowest BCUT2D eigenvalue weighted by Gasteiger charge is -2.04. The lowest BCUT2D eigenvalue weighted by molar-refractivity contribution is 0.624. The standard InChI is InChI=1S/C11H11FN2/c1-2-9-5-10(12)7-11(6-9)14-4-3-13-8-14/h3-8H,2H2,1H3. The highest BCUT2D eigenvalue weighted by atomic mass is 19.1. The smallest absolute Gasteiger partial charge is 0.125 e. The largest absolute Gasteiger partial charge is 0.306 e. The third-order valence-corrected chi connectivity index (χ3v) is 2.15. The van der Waals surface area contributed by atoms with Gasteiger partial charge in [0.05, 0.1) is 6.33 Å². The normalized spacial score (nSPS) is 10.4. The minimum Gasteiger partial charge on any atom is -0.306 e. The van der Waals surface area contributed by atoms with Crippen molar-refractivity contribution in [1.82, 2.24) is 9.55 Å². The van der Waals surface area contributed by atoms with E-state index in [1.165, 1.54) is 6.07 Å². The third kappa shape index (κ3) is 1.66. The summed E-state index contributed by atoms with van der Waals surface area (Å²) in [7, 11) is 0. The predicted octanol–water partition coefficient (Wildman–Crippen LogP) is 2.57. The van der Waals surface area contributed by atoms with E-state index in [-0.39, 0.29) is 5.82 Å². The molecule has 0 spiro atoms. The summed E-state index contributed by atoms with van der Waals surface area (Å²) in [5.74, 6) is -0.201. The predicted molar refractivity (Wildman–Crippen MR) is 52.9 cm³/mol. The van der Waals surface area contributed by atoms with Crippen LogP contribution in [0.5, 0.6) is 0 Å².